The fourth-order valence-corrected chi connectivity index (χ4v) is 3.47. The number of fused-ring (bicyclic) bond motifs is 2. The van der Waals surface area contributed by atoms with Crippen LogP contribution in [0.5, 0.6) is 0 Å². The largest absolute Gasteiger partial charge is 0.404 e. The maximum absolute atomic E-state index is 14.4. The highest BCUT2D eigenvalue weighted by Gasteiger charge is 2.66. The second-order valence-corrected chi connectivity index (χ2v) is 6.40. The Morgan fingerprint density at radius 1 is 1.08 bits per heavy atom. The zero-order valence-electron chi connectivity index (χ0n) is 12.9. The van der Waals surface area contributed by atoms with Gasteiger partial charge in [-0.3, -0.25) is 4.79 Å². The number of anilines is 2. The van der Waals surface area contributed by atoms with Crippen LogP contribution in [0.1, 0.15) is 25.0 Å². The number of H-pyrrole nitrogens is 1. The van der Waals surface area contributed by atoms with Crippen LogP contribution in [0.25, 0.3) is 0 Å². The van der Waals surface area contributed by atoms with Crippen LogP contribution >= 0.6 is 0 Å². The van der Waals surface area contributed by atoms with Gasteiger partial charge in [0.05, 0.1) is 0 Å². The Hall–Kier alpha value is -2.35. The number of aromatic nitrogens is 1. The summed E-state index contributed by atoms with van der Waals surface area (Å²) < 4.78 is 56.8. The minimum absolute atomic E-state index is 0.0431. The van der Waals surface area contributed by atoms with E-state index in [1.165, 1.54) is 19.9 Å². The third-order valence-electron chi connectivity index (χ3n) is 4.36. The maximum Gasteiger partial charge on any atom is 0.404 e. The predicted molar refractivity (Wildman–Crippen MR) is 81.8 cm³/mol. The Kier molecular flexibility index (Phi) is 3.32. The SMILES string of the molecule is CC(C)(N)C1(C(F)(F)F)c2cc(F)ccc2Nc2[nH]c(=O)ccc21. The molecule has 1 aromatic heterocycles. The van der Waals surface area contributed by atoms with Gasteiger partial charge in [-0.25, -0.2) is 4.39 Å². The highest BCUT2D eigenvalue weighted by molar-refractivity contribution is 5.75. The van der Waals surface area contributed by atoms with E-state index in [0.717, 1.165) is 24.3 Å². The second-order valence-electron chi connectivity index (χ2n) is 6.40. The van der Waals surface area contributed by atoms with E-state index >= 15 is 0 Å². The van der Waals surface area contributed by atoms with Gasteiger partial charge in [0, 0.05) is 28.4 Å². The summed E-state index contributed by atoms with van der Waals surface area (Å²) in [5.74, 6) is -0.904. The maximum atomic E-state index is 14.4. The van der Waals surface area contributed by atoms with Crippen molar-refractivity contribution in [3.63, 3.8) is 0 Å². The van der Waals surface area contributed by atoms with E-state index in [1.54, 1.807) is 0 Å². The van der Waals surface area contributed by atoms with E-state index < -0.39 is 28.5 Å². The molecule has 8 heteroatoms. The molecule has 0 saturated heterocycles. The summed E-state index contributed by atoms with van der Waals surface area (Å²) in [7, 11) is 0. The molecule has 1 aliphatic heterocycles. The van der Waals surface area contributed by atoms with Gasteiger partial charge in [-0.15, -0.1) is 0 Å². The molecule has 4 nitrogen and oxygen atoms in total. The molecule has 128 valence electrons. The lowest BCUT2D eigenvalue weighted by atomic mass is 9.61. The summed E-state index contributed by atoms with van der Waals surface area (Å²) in [5.41, 5.74) is 0.382. The number of benzene rings is 1. The average molecular weight is 341 g/mol. The molecule has 0 aliphatic carbocycles. The van der Waals surface area contributed by atoms with Crippen molar-refractivity contribution in [3.8, 4) is 0 Å². The fraction of sp³-hybridized carbons (Fsp3) is 0.312. The van der Waals surface area contributed by atoms with Crippen molar-refractivity contribution in [1.29, 1.82) is 0 Å². The third kappa shape index (κ3) is 2.06. The van der Waals surface area contributed by atoms with E-state index in [4.69, 9.17) is 5.73 Å². The molecule has 0 amide bonds. The molecule has 1 aliphatic rings. The summed E-state index contributed by atoms with van der Waals surface area (Å²) in [6.45, 7) is 2.46. The van der Waals surface area contributed by atoms with Crippen LogP contribution in [0.4, 0.5) is 29.1 Å². The molecule has 1 atom stereocenters. The number of hydrogen-bond acceptors (Lipinski definition) is 3. The monoisotopic (exact) mass is 341 g/mol. The van der Waals surface area contributed by atoms with Crippen LogP contribution in [0.15, 0.2) is 35.1 Å². The van der Waals surface area contributed by atoms with Gasteiger partial charge < -0.3 is 16.0 Å². The lowest BCUT2D eigenvalue weighted by molar-refractivity contribution is -0.193. The predicted octanol–water partition coefficient (Wildman–Crippen LogP) is 3.16. The van der Waals surface area contributed by atoms with Crippen LogP contribution in [0.2, 0.25) is 0 Å². The van der Waals surface area contributed by atoms with Gasteiger partial charge in [-0.1, -0.05) is 0 Å². The van der Waals surface area contributed by atoms with Crippen molar-refractivity contribution >= 4 is 11.5 Å². The average Bonchev–Trinajstić information content (AvgIpc) is 2.42. The fourth-order valence-electron chi connectivity index (χ4n) is 3.47. The number of rotatable bonds is 1. The first-order chi connectivity index (χ1) is 11.0. The van der Waals surface area contributed by atoms with Gasteiger partial charge in [-0.2, -0.15) is 13.2 Å². The van der Waals surface area contributed by atoms with Crippen molar-refractivity contribution in [2.75, 3.05) is 5.32 Å². The molecule has 24 heavy (non-hydrogen) atoms. The molecule has 1 aromatic carbocycles. The Morgan fingerprint density at radius 2 is 1.75 bits per heavy atom. The molecule has 2 aromatic rings. The number of halogens is 4. The van der Waals surface area contributed by atoms with Crippen LogP contribution < -0.4 is 16.6 Å². The molecule has 0 radical (unpaired) electrons. The first-order valence-electron chi connectivity index (χ1n) is 7.15. The molecule has 0 spiro atoms. The summed E-state index contributed by atoms with van der Waals surface area (Å²) in [4.78, 5) is 13.9. The molecule has 0 fully saturated rings. The smallest absolute Gasteiger partial charge is 0.341 e. The zero-order chi connectivity index (χ0) is 17.9. The van der Waals surface area contributed by atoms with Crippen molar-refractivity contribution in [1.82, 2.24) is 4.98 Å². The molecule has 4 N–H and O–H groups in total. The van der Waals surface area contributed by atoms with E-state index in [-0.39, 0.29) is 22.6 Å². The third-order valence-corrected chi connectivity index (χ3v) is 4.36. The molecule has 0 bridgehead atoms. The Morgan fingerprint density at radius 3 is 2.33 bits per heavy atom. The molecular formula is C16H15F4N3O. The number of pyridine rings is 1. The Balaban J connectivity index is 2.52. The van der Waals surface area contributed by atoms with Gasteiger partial charge in [0.2, 0.25) is 5.56 Å². The quantitative estimate of drug-likeness (QED) is 0.698. The van der Waals surface area contributed by atoms with E-state index in [0.29, 0.717) is 0 Å². The minimum Gasteiger partial charge on any atom is -0.341 e. The molecule has 3 rings (SSSR count). The molecule has 1 unspecified atom stereocenters. The molecular weight excluding hydrogens is 326 g/mol. The molecule has 2 heterocycles. The second kappa shape index (κ2) is 4.83. The first kappa shape index (κ1) is 16.5. The van der Waals surface area contributed by atoms with Crippen LogP contribution in [0, 0.1) is 5.82 Å². The van der Waals surface area contributed by atoms with Gasteiger partial charge in [0.1, 0.15) is 17.1 Å². The van der Waals surface area contributed by atoms with Crippen molar-refractivity contribution in [3.05, 3.63) is 57.6 Å². The normalized spacial score (nSPS) is 20.1. The van der Waals surface area contributed by atoms with Crippen LogP contribution in [-0.4, -0.2) is 16.7 Å². The van der Waals surface area contributed by atoms with Crippen molar-refractivity contribution in [2.45, 2.75) is 31.0 Å². The van der Waals surface area contributed by atoms with Crippen LogP contribution in [0.3, 0.4) is 0 Å². The highest BCUT2D eigenvalue weighted by Crippen LogP contribution is 2.57. The minimum atomic E-state index is -4.83. The summed E-state index contributed by atoms with van der Waals surface area (Å²) in [5, 5.41) is 2.73. The lowest BCUT2D eigenvalue weighted by Gasteiger charge is -2.49. The number of nitrogens with one attached hydrogen (secondary N) is 2. The zero-order valence-corrected chi connectivity index (χ0v) is 12.9. The Labute approximate surface area is 134 Å². The number of alkyl halides is 3. The number of aromatic amines is 1. The summed E-state index contributed by atoms with van der Waals surface area (Å²) >= 11 is 0. The summed E-state index contributed by atoms with van der Waals surface area (Å²) in [6, 6.07) is 5.15. The lowest BCUT2D eigenvalue weighted by Crippen LogP contribution is -2.64. The number of nitrogens with two attached hydrogens (primary N) is 1. The van der Waals surface area contributed by atoms with Crippen molar-refractivity contribution in [2.24, 2.45) is 5.73 Å². The summed E-state index contributed by atoms with van der Waals surface area (Å²) in [6.07, 6.45) is -4.83. The Bertz CT molecular complexity index is 851. The van der Waals surface area contributed by atoms with Gasteiger partial charge in [-0.05, 0) is 38.1 Å². The van der Waals surface area contributed by atoms with Crippen molar-refractivity contribution < 1.29 is 17.6 Å². The van der Waals surface area contributed by atoms with Crippen LogP contribution in [-0.2, 0) is 5.41 Å². The number of hydrogen-bond donors (Lipinski definition) is 3. The van der Waals surface area contributed by atoms with Gasteiger partial charge >= 0.3 is 6.18 Å². The van der Waals surface area contributed by atoms with E-state index in [1.807, 2.05) is 0 Å². The first-order valence-corrected chi connectivity index (χ1v) is 7.15. The van der Waals surface area contributed by atoms with E-state index in [9.17, 15) is 22.4 Å². The highest BCUT2D eigenvalue weighted by atomic mass is 19.4. The standard InChI is InChI=1S/C16H15F4N3O/c1-14(2,21)15(16(18,19)20)9-4-6-12(24)23-13(9)22-11-5-3-8(17)7-10(11)15/h3-7H,21H2,1-2H3,(H2,22,23,24). The van der Waals surface area contributed by atoms with Gasteiger partial charge in [0.25, 0.3) is 0 Å². The topological polar surface area (TPSA) is 70.9 Å². The van der Waals surface area contributed by atoms with E-state index in [2.05, 4.69) is 10.3 Å². The molecule has 0 saturated carbocycles. The van der Waals surface area contributed by atoms with Gasteiger partial charge in [0.15, 0.2) is 0 Å².